The first kappa shape index (κ1) is 9.97. The number of fused-ring (bicyclic) bond motifs is 1. The third-order valence-electron chi connectivity index (χ3n) is 3.20. The molecule has 0 aliphatic heterocycles. The first-order valence-corrected chi connectivity index (χ1v) is 5.18. The van der Waals surface area contributed by atoms with Crippen LogP contribution >= 0.6 is 0 Å². The van der Waals surface area contributed by atoms with Crippen LogP contribution in [0.3, 0.4) is 0 Å². The smallest absolute Gasteiger partial charge is 0.313 e. The Balaban J connectivity index is 2.44. The minimum Gasteiger partial charge on any atom is -0.481 e. The number of carboxylic acids is 1. The molecule has 1 aliphatic carbocycles. The van der Waals surface area contributed by atoms with Gasteiger partial charge in [0, 0.05) is 0 Å². The zero-order valence-corrected chi connectivity index (χ0v) is 8.73. The standard InChI is InChI=1S/C13H14O2/c1-2-13(12(14)15)8-7-10-5-3-4-6-11(10)9-13/h3-8H,2,9H2,1H3,(H,14,15). The fourth-order valence-corrected chi connectivity index (χ4v) is 2.05. The minimum absolute atomic E-state index is 0.603. The van der Waals surface area contributed by atoms with Crippen LogP contribution in [0.25, 0.3) is 6.08 Å². The van der Waals surface area contributed by atoms with Gasteiger partial charge >= 0.3 is 5.97 Å². The Morgan fingerprint density at radius 3 is 2.87 bits per heavy atom. The average Bonchev–Trinajstić information content (AvgIpc) is 2.28. The molecule has 1 aliphatic rings. The van der Waals surface area contributed by atoms with Gasteiger partial charge in [-0.2, -0.15) is 0 Å². The van der Waals surface area contributed by atoms with E-state index in [1.54, 1.807) is 0 Å². The van der Waals surface area contributed by atoms with Crippen molar-refractivity contribution in [3.05, 3.63) is 41.5 Å². The highest BCUT2D eigenvalue weighted by atomic mass is 16.4. The highest BCUT2D eigenvalue weighted by molar-refractivity contribution is 5.81. The summed E-state index contributed by atoms with van der Waals surface area (Å²) in [6.45, 7) is 1.92. The van der Waals surface area contributed by atoms with E-state index in [9.17, 15) is 9.90 Å². The van der Waals surface area contributed by atoms with Crippen molar-refractivity contribution in [1.29, 1.82) is 0 Å². The van der Waals surface area contributed by atoms with Gasteiger partial charge in [-0.1, -0.05) is 43.3 Å². The molecule has 0 saturated carbocycles. The van der Waals surface area contributed by atoms with Crippen LogP contribution in [0, 0.1) is 5.41 Å². The third kappa shape index (κ3) is 1.56. The van der Waals surface area contributed by atoms with E-state index in [4.69, 9.17) is 0 Å². The lowest BCUT2D eigenvalue weighted by Crippen LogP contribution is -2.32. The van der Waals surface area contributed by atoms with Crippen molar-refractivity contribution in [3.8, 4) is 0 Å². The molecule has 15 heavy (non-hydrogen) atoms. The average molecular weight is 202 g/mol. The fourth-order valence-electron chi connectivity index (χ4n) is 2.05. The van der Waals surface area contributed by atoms with Crippen LogP contribution in [0.4, 0.5) is 0 Å². The molecule has 1 atom stereocenters. The van der Waals surface area contributed by atoms with Crippen LogP contribution < -0.4 is 0 Å². The molecule has 2 rings (SSSR count). The number of benzene rings is 1. The Kier molecular flexibility index (Phi) is 2.35. The molecule has 1 N–H and O–H groups in total. The fraction of sp³-hybridized carbons (Fsp3) is 0.308. The molecule has 0 fully saturated rings. The molecule has 1 aromatic rings. The van der Waals surface area contributed by atoms with Gasteiger partial charge < -0.3 is 5.11 Å². The van der Waals surface area contributed by atoms with E-state index in [2.05, 4.69) is 0 Å². The van der Waals surface area contributed by atoms with E-state index in [0.717, 1.165) is 11.1 Å². The second-order valence-corrected chi connectivity index (χ2v) is 4.02. The number of rotatable bonds is 2. The van der Waals surface area contributed by atoms with Gasteiger partial charge in [-0.05, 0) is 24.0 Å². The van der Waals surface area contributed by atoms with Gasteiger partial charge in [0.1, 0.15) is 0 Å². The molecule has 1 aromatic carbocycles. The zero-order valence-electron chi connectivity index (χ0n) is 8.73. The lowest BCUT2D eigenvalue weighted by atomic mass is 9.74. The summed E-state index contributed by atoms with van der Waals surface area (Å²) in [5.41, 5.74) is 1.57. The van der Waals surface area contributed by atoms with Gasteiger partial charge in [0.2, 0.25) is 0 Å². The zero-order chi connectivity index (χ0) is 10.9. The quantitative estimate of drug-likeness (QED) is 0.800. The molecule has 0 radical (unpaired) electrons. The number of carbonyl (C=O) groups is 1. The van der Waals surface area contributed by atoms with Gasteiger partial charge in [-0.3, -0.25) is 4.79 Å². The molecule has 0 heterocycles. The lowest BCUT2D eigenvalue weighted by molar-refractivity contribution is -0.146. The molecular weight excluding hydrogens is 188 g/mol. The van der Waals surface area contributed by atoms with Crippen LogP contribution in [0.2, 0.25) is 0 Å². The van der Waals surface area contributed by atoms with Crippen LogP contribution in [0.5, 0.6) is 0 Å². The molecule has 2 nitrogen and oxygen atoms in total. The largest absolute Gasteiger partial charge is 0.481 e. The Morgan fingerprint density at radius 2 is 2.20 bits per heavy atom. The van der Waals surface area contributed by atoms with Crippen LogP contribution in [-0.2, 0) is 11.2 Å². The van der Waals surface area contributed by atoms with Crippen molar-refractivity contribution in [2.24, 2.45) is 5.41 Å². The highest BCUT2D eigenvalue weighted by Gasteiger charge is 2.36. The summed E-state index contributed by atoms with van der Waals surface area (Å²) in [5.74, 6) is -0.726. The molecule has 0 saturated heterocycles. The first-order valence-electron chi connectivity index (χ1n) is 5.18. The number of hydrogen-bond donors (Lipinski definition) is 1. The maximum absolute atomic E-state index is 11.3. The third-order valence-corrected chi connectivity index (χ3v) is 3.20. The Hall–Kier alpha value is -1.57. The summed E-state index contributed by atoms with van der Waals surface area (Å²) < 4.78 is 0. The van der Waals surface area contributed by atoms with E-state index in [1.165, 1.54) is 0 Å². The molecule has 0 spiro atoms. The SMILES string of the molecule is CCC1(C(=O)O)C=Cc2ccccc2C1. The predicted molar refractivity (Wildman–Crippen MR) is 59.5 cm³/mol. The van der Waals surface area contributed by atoms with Gasteiger partial charge in [-0.15, -0.1) is 0 Å². The predicted octanol–water partition coefficient (Wildman–Crippen LogP) is 2.74. The van der Waals surface area contributed by atoms with Gasteiger partial charge in [0.25, 0.3) is 0 Å². The Morgan fingerprint density at radius 1 is 1.47 bits per heavy atom. The molecule has 78 valence electrons. The topological polar surface area (TPSA) is 37.3 Å². The van der Waals surface area contributed by atoms with Crippen molar-refractivity contribution >= 4 is 12.0 Å². The van der Waals surface area contributed by atoms with Crippen LogP contribution in [-0.4, -0.2) is 11.1 Å². The maximum Gasteiger partial charge on any atom is 0.313 e. The van der Waals surface area contributed by atoms with Gasteiger partial charge in [0.15, 0.2) is 0 Å². The number of aliphatic carboxylic acids is 1. The number of carboxylic acid groups (broad SMARTS) is 1. The van der Waals surface area contributed by atoms with E-state index in [1.807, 2.05) is 43.3 Å². The van der Waals surface area contributed by atoms with E-state index >= 15 is 0 Å². The van der Waals surface area contributed by atoms with Crippen molar-refractivity contribution < 1.29 is 9.90 Å². The van der Waals surface area contributed by atoms with Gasteiger partial charge in [-0.25, -0.2) is 0 Å². The van der Waals surface area contributed by atoms with Crippen LogP contribution in [0.1, 0.15) is 24.5 Å². The molecule has 2 heteroatoms. The summed E-state index contributed by atoms with van der Waals surface area (Å²) in [6, 6.07) is 7.96. The van der Waals surface area contributed by atoms with Crippen molar-refractivity contribution in [3.63, 3.8) is 0 Å². The second kappa shape index (κ2) is 3.54. The Labute approximate surface area is 89.2 Å². The summed E-state index contributed by atoms with van der Waals surface area (Å²) >= 11 is 0. The van der Waals surface area contributed by atoms with Crippen molar-refractivity contribution in [2.75, 3.05) is 0 Å². The highest BCUT2D eigenvalue weighted by Crippen LogP contribution is 2.35. The molecule has 1 unspecified atom stereocenters. The monoisotopic (exact) mass is 202 g/mol. The minimum atomic E-state index is -0.726. The van der Waals surface area contributed by atoms with Gasteiger partial charge in [0.05, 0.1) is 5.41 Å². The van der Waals surface area contributed by atoms with E-state index < -0.39 is 11.4 Å². The molecule has 0 amide bonds. The Bertz CT molecular complexity index is 420. The van der Waals surface area contributed by atoms with Crippen molar-refractivity contribution in [2.45, 2.75) is 19.8 Å². The van der Waals surface area contributed by atoms with Crippen LogP contribution in [0.15, 0.2) is 30.3 Å². The molecule has 0 aromatic heterocycles. The van der Waals surface area contributed by atoms with Crippen molar-refractivity contribution in [1.82, 2.24) is 0 Å². The van der Waals surface area contributed by atoms with E-state index in [-0.39, 0.29) is 0 Å². The maximum atomic E-state index is 11.3. The second-order valence-electron chi connectivity index (χ2n) is 4.02. The first-order chi connectivity index (χ1) is 7.18. The number of hydrogen-bond acceptors (Lipinski definition) is 1. The summed E-state index contributed by atoms with van der Waals surface area (Å²) in [5, 5.41) is 9.26. The van der Waals surface area contributed by atoms with E-state index in [0.29, 0.717) is 12.8 Å². The molecule has 0 bridgehead atoms. The summed E-state index contributed by atoms with van der Waals surface area (Å²) in [7, 11) is 0. The normalized spacial score (nSPS) is 23.5. The summed E-state index contributed by atoms with van der Waals surface area (Å²) in [4.78, 5) is 11.3. The lowest BCUT2D eigenvalue weighted by Gasteiger charge is -2.28. The summed E-state index contributed by atoms with van der Waals surface area (Å²) in [6.07, 6.45) is 4.99. The molecular formula is C13H14O2.